The fraction of sp³-hybridized carbons (Fsp3) is 0.750. The Morgan fingerprint density at radius 2 is 2.12 bits per heavy atom. The normalized spacial score (nSPS) is 13.7. The highest BCUT2D eigenvalue weighted by Crippen LogP contribution is 2.08. The van der Waals surface area contributed by atoms with Gasteiger partial charge < -0.3 is 5.11 Å². The predicted octanol–water partition coefficient (Wildman–Crippen LogP) is 1.49. The fourth-order valence-electron chi connectivity index (χ4n) is 1.69. The maximum absolute atomic E-state index is 9.44. The molecule has 4 nitrogen and oxygen atoms in total. The van der Waals surface area contributed by atoms with Crippen LogP contribution in [0, 0.1) is 0 Å². The Balaban J connectivity index is 2.60. The van der Waals surface area contributed by atoms with Crippen molar-refractivity contribution in [1.82, 2.24) is 14.7 Å². The van der Waals surface area contributed by atoms with Crippen LogP contribution in [0.2, 0.25) is 0 Å². The molecule has 1 N–H and O–H groups in total. The molecular formula is C12H23N3O. The second-order valence-electron chi connectivity index (χ2n) is 4.58. The van der Waals surface area contributed by atoms with E-state index in [4.69, 9.17) is 0 Å². The highest BCUT2D eigenvalue weighted by Gasteiger charge is 2.13. The lowest BCUT2D eigenvalue weighted by atomic mass is 10.2. The molecule has 1 unspecified atom stereocenters. The van der Waals surface area contributed by atoms with Gasteiger partial charge in [0.25, 0.3) is 0 Å². The van der Waals surface area contributed by atoms with E-state index >= 15 is 0 Å². The van der Waals surface area contributed by atoms with Crippen LogP contribution in [0.1, 0.15) is 33.3 Å². The van der Waals surface area contributed by atoms with Gasteiger partial charge in [0.15, 0.2) is 0 Å². The number of aliphatic hydroxyl groups is 1. The lowest BCUT2D eigenvalue weighted by molar-refractivity contribution is 0.103. The van der Waals surface area contributed by atoms with E-state index in [0.29, 0.717) is 12.6 Å². The number of hydrogen-bond acceptors (Lipinski definition) is 3. The van der Waals surface area contributed by atoms with Crippen molar-refractivity contribution in [2.45, 2.75) is 52.9 Å². The summed E-state index contributed by atoms with van der Waals surface area (Å²) in [6, 6.07) is 0.430. The first-order valence-corrected chi connectivity index (χ1v) is 5.96. The first-order chi connectivity index (χ1) is 7.52. The molecule has 0 aliphatic carbocycles. The molecule has 0 saturated carbocycles. The van der Waals surface area contributed by atoms with Gasteiger partial charge in [-0.2, -0.15) is 5.10 Å². The molecule has 1 heterocycles. The zero-order valence-corrected chi connectivity index (χ0v) is 10.7. The third kappa shape index (κ3) is 3.94. The van der Waals surface area contributed by atoms with Crippen molar-refractivity contribution in [2.24, 2.45) is 0 Å². The van der Waals surface area contributed by atoms with Crippen molar-refractivity contribution in [2.75, 3.05) is 6.54 Å². The van der Waals surface area contributed by atoms with Crippen molar-refractivity contribution in [1.29, 1.82) is 0 Å². The molecule has 0 bridgehead atoms. The molecule has 0 amide bonds. The summed E-state index contributed by atoms with van der Waals surface area (Å²) in [4.78, 5) is 2.25. The number of hydrogen-bond donors (Lipinski definition) is 1. The quantitative estimate of drug-likeness (QED) is 0.797. The zero-order chi connectivity index (χ0) is 12.1. The summed E-state index contributed by atoms with van der Waals surface area (Å²) >= 11 is 0. The van der Waals surface area contributed by atoms with Crippen LogP contribution in [-0.2, 0) is 13.1 Å². The molecule has 92 valence electrons. The molecule has 1 aromatic rings. The largest absolute Gasteiger partial charge is 0.392 e. The third-order valence-corrected chi connectivity index (χ3v) is 2.63. The SMILES string of the molecule is CCn1cc(CN(CC(C)O)C(C)C)cn1. The van der Waals surface area contributed by atoms with Gasteiger partial charge in [-0.05, 0) is 27.7 Å². The monoisotopic (exact) mass is 225 g/mol. The second kappa shape index (κ2) is 6.01. The van der Waals surface area contributed by atoms with Gasteiger partial charge >= 0.3 is 0 Å². The van der Waals surface area contributed by atoms with Gasteiger partial charge in [0.2, 0.25) is 0 Å². The summed E-state index contributed by atoms with van der Waals surface area (Å²) in [5.41, 5.74) is 1.20. The van der Waals surface area contributed by atoms with Crippen molar-refractivity contribution >= 4 is 0 Å². The van der Waals surface area contributed by atoms with E-state index in [1.165, 1.54) is 5.56 Å². The molecular weight excluding hydrogens is 202 g/mol. The Hall–Kier alpha value is -0.870. The van der Waals surface area contributed by atoms with E-state index in [0.717, 1.165) is 13.1 Å². The number of aromatic nitrogens is 2. The molecule has 4 heteroatoms. The molecule has 0 aromatic carbocycles. The van der Waals surface area contributed by atoms with Crippen molar-refractivity contribution in [3.05, 3.63) is 18.0 Å². The second-order valence-corrected chi connectivity index (χ2v) is 4.58. The Morgan fingerprint density at radius 3 is 2.56 bits per heavy atom. The number of nitrogens with zero attached hydrogens (tertiary/aromatic N) is 3. The van der Waals surface area contributed by atoms with Crippen LogP contribution >= 0.6 is 0 Å². The molecule has 16 heavy (non-hydrogen) atoms. The van der Waals surface area contributed by atoms with E-state index in [2.05, 4.69) is 37.0 Å². The highest BCUT2D eigenvalue weighted by molar-refractivity contribution is 5.03. The predicted molar refractivity (Wildman–Crippen MR) is 65.1 cm³/mol. The Kier molecular flexibility index (Phi) is 4.96. The summed E-state index contributed by atoms with van der Waals surface area (Å²) in [5, 5.41) is 13.7. The van der Waals surface area contributed by atoms with Gasteiger partial charge in [-0.3, -0.25) is 9.58 Å². The molecule has 0 fully saturated rings. The number of aryl methyl sites for hydroxylation is 1. The molecule has 0 spiro atoms. The first kappa shape index (κ1) is 13.2. The third-order valence-electron chi connectivity index (χ3n) is 2.63. The van der Waals surface area contributed by atoms with Crippen molar-refractivity contribution < 1.29 is 5.11 Å². The average molecular weight is 225 g/mol. The highest BCUT2D eigenvalue weighted by atomic mass is 16.3. The molecule has 0 saturated heterocycles. The standard InChI is InChI=1S/C12H23N3O/c1-5-15-9-12(6-13-15)8-14(10(2)3)7-11(4)16/h6,9-11,16H,5,7-8H2,1-4H3. The summed E-state index contributed by atoms with van der Waals surface area (Å²) in [7, 11) is 0. The van der Waals surface area contributed by atoms with Crippen LogP contribution in [0.15, 0.2) is 12.4 Å². The maximum atomic E-state index is 9.44. The van der Waals surface area contributed by atoms with Crippen molar-refractivity contribution in [3.8, 4) is 0 Å². The number of rotatable bonds is 6. The van der Waals surface area contributed by atoms with Gasteiger partial charge in [-0.25, -0.2) is 0 Å². The van der Waals surface area contributed by atoms with Gasteiger partial charge in [-0.1, -0.05) is 0 Å². The van der Waals surface area contributed by atoms with Crippen LogP contribution in [0.5, 0.6) is 0 Å². The van der Waals surface area contributed by atoms with Gasteiger partial charge in [0, 0.05) is 37.4 Å². The Bertz CT molecular complexity index is 307. The summed E-state index contributed by atoms with van der Waals surface area (Å²) in [6.07, 6.45) is 3.68. The van der Waals surface area contributed by atoms with Gasteiger partial charge in [0.05, 0.1) is 12.3 Å². The number of aliphatic hydroxyl groups excluding tert-OH is 1. The van der Waals surface area contributed by atoms with E-state index in [9.17, 15) is 5.11 Å². The zero-order valence-electron chi connectivity index (χ0n) is 10.7. The topological polar surface area (TPSA) is 41.3 Å². The van der Waals surface area contributed by atoms with Gasteiger partial charge in [-0.15, -0.1) is 0 Å². The van der Waals surface area contributed by atoms with Crippen molar-refractivity contribution in [3.63, 3.8) is 0 Å². The Morgan fingerprint density at radius 1 is 1.44 bits per heavy atom. The van der Waals surface area contributed by atoms with Crippen LogP contribution in [-0.4, -0.2) is 38.5 Å². The molecule has 1 atom stereocenters. The minimum Gasteiger partial charge on any atom is -0.392 e. The summed E-state index contributed by atoms with van der Waals surface area (Å²) < 4.78 is 1.93. The van der Waals surface area contributed by atoms with E-state index < -0.39 is 0 Å². The smallest absolute Gasteiger partial charge is 0.0639 e. The molecule has 0 radical (unpaired) electrons. The lowest BCUT2D eigenvalue weighted by Crippen LogP contribution is -2.35. The maximum Gasteiger partial charge on any atom is 0.0639 e. The van der Waals surface area contributed by atoms with Gasteiger partial charge in [0.1, 0.15) is 0 Å². The molecule has 1 rings (SSSR count). The summed E-state index contributed by atoms with van der Waals surface area (Å²) in [5.74, 6) is 0. The van der Waals surface area contributed by atoms with E-state index in [1.54, 1.807) is 0 Å². The Labute approximate surface area is 97.9 Å². The minimum absolute atomic E-state index is 0.288. The van der Waals surface area contributed by atoms with Crippen LogP contribution in [0.4, 0.5) is 0 Å². The minimum atomic E-state index is -0.288. The first-order valence-electron chi connectivity index (χ1n) is 5.96. The van der Waals surface area contributed by atoms with Crippen LogP contribution < -0.4 is 0 Å². The average Bonchev–Trinajstić information content (AvgIpc) is 2.63. The van der Waals surface area contributed by atoms with Crippen LogP contribution in [0.25, 0.3) is 0 Å². The van der Waals surface area contributed by atoms with E-state index in [1.807, 2.05) is 17.8 Å². The molecule has 0 aliphatic rings. The van der Waals surface area contributed by atoms with Crippen LogP contribution in [0.3, 0.4) is 0 Å². The lowest BCUT2D eigenvalue weighted by Gasteiger charge is -2.27. The summed E-state index contributed by atoms with van der Waals surface area (Å²) in [6.45, 7) is 10.6. The fourth-order valence-corrected chi connectivity index (χ4v) is 1.69. The molecule has 1 aromatic heterocycles. The van der Waals surface area contributed by atoms with E-state index in [-0.39, 0.29) is 6.10 Å². The molecule has 0 aliphatic heterocycles.